The molecule has 0 saturated carbocycles. The summed E-state index contributed by atoms with van der Waals surface area (Å²) in [6, 6.07) is 10.9. The Bertz CT molecular complexity index is 628. The summed E-state index contributed by atoms with van der Waals surface area (Å²) in [6.07, 6.45) is 0. The zero-order valence-electron chi connectivity index (χ0n) is 12.4. The highest BCUT2D eigenvalue weighted by Crippen LogP contribution is 2.29. The molecule has 0 aromatic heterocycles. The van der Waals surface area contributed by atoms with Gasteiger partial charge in [-0.25, -0.2) is 4.39 Å². The minimum absolute atomic E-state index is 0.245. The number of hydrogen-bond donors (Lipinski definition) is 1. The second kappa shape index (κ2) is 7.05. The summed E-state index contributed by atoms with van der Waals surface area (Å²) in [5, 5.41) is 3.36. The average molecular weight is 352 g/mol. The predicted octanol–water partition coefficient (Wildman–Crippen LogP) is 5.19. The number of nitrogens with one attached hydrogen (secondary N) is 1. The lowest BCUT2D eigenvalue weighted by molar-refractivity contribution is 0.441. The van der Waals surface area contributed by atoms with E-state index in [0.717, 1.165) is 22.1 Å². The molecule has 0 amide bonds. The molecule has 0 aliphatic carbocycles. The van der Waals surface area contributed by atoms with E-state index in [9.17, 15) is 4.39 Å². The van der Waals surface area contributed by atoms with E-state index in [2.05, 4.69) is 35.1 Å². The third-order valence-electron chi connectivity index (χ3n) is 3.04. The molecule has 0 radical (unpaired) electrons. The lowest BCUT2D eigenvalue weighted by atomic mass is 10.2. The van der Waals surface area contributed by atoms with Crippen LogP contribution in [0.2, 0.25) is 0 Å². The molecule has 0 aliphatic rings. The summed E-state index contributed by atoms with van der Waals surface area (Å²) in [6.45, 7) is 6.89. The summed E-state index contributed by atoms with van der Waals surface area (Å²) in [7, 11) is 0. The van der Waals surface area contributed by atoms with Crippen LogP contribution in [-0.2, 0) is 6.54 Å². The smallest absolute Gasteiger partial charge is 0.165 e. The van der Waals surface area contributed by atoms with Crippen molar-refractivity contribution in [1.82, 2.24) is 5.32 Å². The summed E-state index contributed by atoms with van der Waals surface area (Å²) >= 11 is 3.53. The lowest BCUT2D eigenvalue weighted by Gasteiger charge is -2.12. The van der Waals surface area contributed by atoms with Crippen molar-refractivity contribution in [2.45, 2.75) is 33.4 Å². The van der Waals surface area contributed by atoms with Gasteiger partial charge in [-0.15, -0.1) is 0 Å². The maximum absolute atomic E-state index is 13.7. The highest BCUT2D eigenvalue weighted by Gasteiger charge is 2.07. The number of ether oxygens (including phenoxy) is 1. The van der Waals surface area contributed by atoms with Crippen LogP contribution in [0.1, 0.15) is 25.0 Å². The van der Waals surface area contributed by atoms with Gasteiger partial charge >= 0.3 is 0 Å². The number of halogens is 2. The van der Waals surface area contributed by atoms with E-state index in [-0.39, 0.29) is 11.6 Å². The highest BCUT2D eigenvalue weighted by molar-refractivity contribution is 9.10. The summed E-state index contributed by atoms with van der Waals surface area (Å²) in [5.74, 6) is 0.497. The van der Waals surface area contributed by atoms with Gasteiger partial charge in [0.2, 0.25) is 0 Å². The Morgan fingerprint density at radius 3 is 2.62 bits per heavy atom. The Morgan fingerprint density at radius 1 is 1.19 bits per heavy atom. The Hall–Kier alpha value is -1.39. The van der Waals surface area contributed by atoms with Gasteiger partial charge in [0.15, 0.2) is 11.6 Å². The lowest BCUT2D eigenvalue weighted by Crippen LogP contribution is -2.21. The van der Waals surface area contributed by atoms with Crippen LogP contribution in [-0.4, -0.2) is 6.04 Å². The fourth-order valence-corrected chi connectivity index (χ4v) is 2.36. The van der Waals surface area contributed by atoms with E-state index in [4.69, 9.17) is 4.74 Å². The Labute approximate surface area is 133 Å². The SMILES string of the molecule is Cc1ccc(F)c(Oc2ccc(CNC(C)C)c(Br)c2)c1. The molecule has 2 aromatic rings. The van der Waals surface area contributed by atoms with Crippen molar-refractivity contribution >= 4 is 15.9 Å². The van der Waals surface area contributed by atoms with Crippen LogP contribution in [0, 0.1) is 12.7 Å². The first-order valence-electron chi connectivity index (χ1n) is 6.91. The van der Waals surface area contributed by atoms with Gasteiger partial charge in [-0.05, 0) is 42.3 Å². The van der Waals surface area contributed by atoms with Gasteiger partial charge in [0.05, 0.1) is 0 Å². The molecule has 0 spiro atoms. The molecule has 1 N–H and O–H groups in total. The molecule has 21 heavy (non-hydrogen) atoms. The maximum Gasteiger partial charge on any atom is 0.165 e. The summed E-state index contributed by atoms with van der Waals surface area (Å²) < 4.78 is 20.3. The highest BCUT2D eigenvalue weighted by atomic mass is 79.9. The third kappa shape index (κ3) is 4.55. The maximum atomic E-state index is 13.7. The van der Waals surface area contributed by atoms with Gasteiger partial charge in [0.25, 0.3) is 0 Å². The van der Waals surface area contributed by atoms with Gasteiger partial charge in [0, 0.05) is 17.1 Å². The molecule has 0 saturated heterocycles. The molecule has 2 rings (SSSR count). The van der Waals surface area contributed by atoms with Crippen LogP contribution >= 0.6 is 15.9 Å². The van der Waals surface area contributed by atoms with Gasteiger partial charge < -0.3 is 10.1 Å². The molecular formula is C17H19BrFNO. The van der Waals surface area contributed by atoms with Crippen molar-refractivity contribution in [1.29, 1.82) is 0 Å². The minimum Gasteiger partial charge on any atom is -0.454 e. The largest absolute Gasteiger partial charge is 0.454 e. The van der Waals surface area contributed by atoms with Crippen LogP contribution in [0.4, 0.5) is 4.39 Å². The number of hydrogen-bond acceptors (Lipinski definition) is 2. The summed E-state index contributed by atoms with van der Waals surface area (Å²) in [4.78, 5) is 0. The van der Waals surface area contributed by atoms with E-state index in [0.29, 0.717) is 11.8 Å². The first-order valence-corrected chi connectivity index (χ1v) is 7.71. The second-order valence-corrected chi connectivity index (χ2v) is 6.18. The molecule has 2 aromatic carbocycles. The van der Waals surface area contributed by atoms with E-state index in [1.54, 1.807) is 12.1 Å². The standard InChI is InChI=1S/C17H19BrFNO/c1-11(2)20-10-13-5-6-14(9-15(13)18)21-17-8-12(3)4-7-16(17)19/h4-9,11,20H,10H2,1-3H3. The molecular weight excluding hydrogens is 333 g/mol. The van der Waals surface area contributed by atoms with Crippen molar-refractivity contribution in [2.24, 2.45) is 0 Å². The number of benzene rings is 2. The second-order valence-electron chi connectivity index (χ2n) is 5.32. The third-order valence-corrected chi connectivity index (χ3v) is 3.78. The fourth-order valence-electron chi connectivity index (χ4n) is 1.86. The molecule has 2 nitrogen and oxygen atoms in total. The Balaban J connectivity index is 2.14. The van der Waals surface area contributed by atoms with Crippen molar-refractivity contribution in [2.75, 3.05) is 0 Å². The quantitative estimate of drug-likeness (QED) is 0.800. The number of rotatable bonds is 5. The van der Waals surface area contributed by atoms with Gasteiger partial charge in [-0.1, -0.05) is 41.9 Å². The van der Waals surface area contributed by atoms with Crippen molar-refractivity contribution < 1.29 is 9.13 Å². The van der Waals surface area contributed by atoms with E-state index < -0.39 is 0 Å². The van der Waals surface area contributed by atoms with Gasteiger partial charge in [-0.2, -0.15) is 0 Å². The van der Waals surface area contributed by atoms with Crippen LogP contribution in [0.5, 0.6) is 11.5 Å². The fraction of sp³-hybridized carbons (Fsp3) is 0.294. The normalized spacial score (nSPS) is 11.0. The molecule has 0 bridgehead atoms. The van der Waals surface area contributed by atoms with E-state index >= 15 is 0 Å². The van der Waals surface area contributed by atoms with Crippen molar-refractivity contribution in [3.05, 3.63) is 57.8 Å². The van der Waals surface area contributed by atoms with E-state index in [1.165, 1.54) is 6.07 Å². The van der Waals surface area contributed by atoms with E-state index in [1.807, 2.05) is 25.1 Å². The van der Waals surface area contributed by atoms with Crippen LogP contribution in [0.3, 0.4) is 0 Å². The molecule has 0 unspecified atom stereocenters. The molecule has 4 heteroatoms. The molecule has 112 valence electrons. The zero-order chi connectivity index (χ0) is 15.4. The molecule has 0 heterocycles. The average Bonchev–Trinajstić information content (AvgIpc) is 2.42. The van der Waals surface area contributed by atoms with Crippen LogP contribution in [0.15, 0.2) is 40.9 Å². The Kier molecular flexibility index (Phi) is 5.37. The van der Waals surface area contributed by atoms with Gasteiger partial charge in [-0.3, -0.25) is 0 Å². The van der Waals surface area contributed by atoms with Crippen LogP contribution in [0.25, 0.3) is 0 Å². The zero-order valence-corrected chi connectivity index (χ0v) is 14.0. The monoisotopic (exact) mass is 351 g/mol. The molecule has 0 aliphatic heterocycles. The Morgan fingerprint density at radius 2 is 1.95 bits per heavy atom. The number of aryl methyl sites for hydroxylation is 1. The molecule has 0 atom stereocenters. The molecule has 0 fully saturated rings. The van der Waals surface area contributed by atoms with Crippen molar-refractivity contribution in [3.63, 3.8) is 0 Å². The summed E-state index contributed by atoms with van der Waals surface area (Å²) in [5.41, 5.74) is 2.10. The topological polar surface area (TPSA) is 21.3 Å². The van der Waals surface area contributed by atoms with Gasteiger partial charge in [0.1, 0.15) is 5.75 Å². The minimum atomic E-state index is -0.359. The first-order chi connectivity index (χ1) is 9.95. The van der Waals surface area contributed by atoms with Crippen molar-refractivity contribution in [3.8, 4) is 11.5 Å². The first kappa shape index (κ1) is 16.0. The predicted molar refractivity (Wildman–Crippen MR) is 87.3 cm³/mol. The van der Waals surface area contributed by atoms with Crippen LogP contribution < -0.4 is 10.1 Å².